The number of aliphatic imine (C=N–C) groups is 1. The summed E-state index contributed by atoms with van der Waals surface area (Å²) in [6.07, 6.45) is 7.00. The van der Waals surface area contributed by atoms with Gasteiger partial charge in [-0.3, -0.25) is 0 Å². The second kappa shape index (κ2) is 6.77. The molecule has 0 aromatic heterocycles. The summed E-state index contributed by atoms with van der Waals surface area (Å²) in [5.41, 5.74) is 9.61. The van der Waals surface area contributed by atoms with Gasteiger partial charge in [0.15, 0.2) is 0 Å². The summed E-state index contributed by atoms with van der Waals surface area (Å²) in [4.78, 5) is 11.2. The van der Waals surface area contributed by atoms with Crippen LogP contribution < -0.4 is 10.5 Å². The molecule has 6 rings (SSSR count). The second-order valence-corrected chi connectivity index (χ2v) is 9.36. The van der Waals surface area contributed by atoms with Crippen molar-refractivity contribution >= 4 is 5.96 Å². The van der Waals surface area contributed by atoms with Crippen molar-refractivity contribution in [3.05, 3.63) is 64.7 Å². The zero-order chi connectivity index (χ0) is 21.1. The Labute approximate surface area is 183 Å². The van der Waals surface area contributed by atoms with Gasteiger partial charge in [0.05, 0.1) is 5.56 Å². The zero-order valence-electron chi connectivity index (χ0n) is 17.9. The van der Waals surface area contributed by atoms with Crippen LogP contribution in [0.5, 0.6) is 5.75 Å². The molecular weight excluding hydrogens is 386 g/mol. The average molecular weight is 414 g/mol. The summed E-state index contributed by atoms with van der Waals surface area (Å²) < 4.78 is 6.79. The van der Waals surface area contributed by atoms with Gasteiger partial charge in [-0.2, -0.15) is 0 Å². The third-order valence-corrected chi connectivity index (χ3v) is 6.90. The van der Waals surface area contributed by atoms with Gasteiger partial charge in [-0.25, -0.2) is 14.9 Å². The molecule has 2 unspecified atom stereocenters. The largest absolute Gasteiger partial charge is 0.486 e. The summed E-state index contributed by atoms with van der Waals surface area (Å²) in [7, 11) is 1.81. The molecule has 0 radical (unpaired) electrons. The van der Waals surface area contributed by atoms with Gasteiger partial charge in [0.1, 0.15) is 11.4 Å². The molecule has 2 aromatic carbocycles. The summed E-state index contributed by atoms with van der Waals surface area (Å²) in [6, 6.07) is 14.9. The maximum atomic E-state index is 6.79. The number of rotatable bonds is 0. The van der Waals surface area contributed by atoms with E-state index in [-0.39, 0.29) is 5.60 Å². The fraction of sp³-hybridized carbons (Fsp3) is 0.423. The first-order valence-electron chi connectivity index (χ1n) is 11.2. The molecule has 0 amide bonds. The van der Waals surface area contributed by atoms with E-state index < -0.39 is 5.72 Å². The molecule has 5 heteroatoms. The van der Waals surface area contributed by atoms with Crippen LogP contribution in [0.4, 0.5) is 0 Å². The summed E-state index contributed by atoms with van der Waals surface area (Å²) in [6.45, 7) is 0. The number of hydroxylamine groups is 2. The molecule has 1 fully saturated rings. The Morgan fingerprint density at radius 1 is 1.16 bits per heavy atom. The molecule has 2 N–H and O–H groups in total. The fourth-order valence-electron chi connectivity index (χ4n) is 5.20. The number of hydrogen-bond acceptors (Lipinski definition) is 5. The van der Waals surface area contributed by atoms with Crippen molar-refractivity contribution in [2.75, 3.05) is 7.05 Å². The summed E-state index contributed by atoms with van der Waals surface area (Å²) in [5, 5.41) is 1.58. The van der Waals surface area contributed by atoms with Gasteiger partial charge in [-0.1, -0.05) is 36.1 Å². The van der Waals surface area contributed by atoms with E-state index in [4.69, 9.17) is 20.3 Å². The molecule has 158 valence electrons. The normalized spacial score (nSPS) is 28.8. The standard InChI is InChI=1S/C26H27N3O2/c1-29-24(27)28-26(31-29)17-25(14-4-7-20-5-2-3-6-21(20)16-25)30-23-13-12-19(15-22(23)26)11-10-18-8-9-18/h2-3,5-6,12-13,15,18H,4,7-9,14,16-17H2,1H3,(H2,27,28). The monoisotopic (exact) mass is 413 g/mol. The zero-order valence-corrected chi connectivity index (χ0v) is 17.9. The Hall–Kier alpha value is -2.97. The van der Waals surface area contributed by atoms with Crippen LogP contribution in [0.15, 0.2) is 47.5 Å². The SMILES string of the molecule is CN1OC2(CC3(CCCc4ccccc4C3)Oc3ccc(C#CC4CC4)cc32)N=C1N. The van der Waals surface area contributed by atoms with Crippen LogP contribution in [0, 0.1) is 17.8 Å². The van der Waals surface area contributed by atoms with E-state index in [1.807, 2.05) is 13.1 Å². The average Bonchev–Trinajstić information content (AvgIpc) is 3.55. The van der Waals surface area contributed by atoms with Gasteiger partial charge in [0, 0.05) is 31.4 Å². The molecule has 2 spiro atoms. The van der Waals surface area contributed by atoms with Crippen LogP contribution in [-0.4, -0.2) is 23.7 Å². The van der Waals surface area contributed by atoms with Crippen LogP contribution >= 0.6 is 0 Å². The fourth-order valence-corrected chi connectivity index (χ4v) is 5.20. The third kappa shape index (κ3) is 3.26. The van der Waals surface area contributed by atoms with Gasteiger partial charge in [0.25, 0.3) is 0 Å². The Morgan fingerprint density at radius 2 is 2.00 bits per heavy atom. The number of ether oxygens (including phenoxy) is 1. The van der Waals surface area contributed by atoms with Crippen molar-refractivity contribution in [3.63, 3.8) is 0 Å². The minimum absolute atomic E-state index is 0.379. The lowest BCUT2D eigenvalue weighted by atomic mass is 9.79. The molecule has 2 aliphatic heterocycles. The molecule has 2 aromatic rings. The molecule has 2 heterocycles. The topological polar surface area (TPSA) is 60.1 Å². The summed E-state index contributed by atoms with van der Waals surface area (Å²) >= 11 is 0. The van der Waals surface area contributed by atoms with E-state index in [9.17, 15) is 0 Å². The van der Waals surface area contributed by atoms with Gasteiger partial charge in [0.2, 0.25) is 11.7 Å². The lowest BCUT2D eigenvalue weighted by molar-refractivity contribution is -0.204. The molecule has 4 aliphatic rings. The number of hydrogen-bond donors (Lipinski definition) is 1. The molecule has 31 heavy (non-hydrogen) atoms. The van der Waals surface area contributed by atoms with Gasteiger partial charge in [-0.15, -0.1) is 0 Å². The lowest BCUT2D eigenvalue weighted by Crippen LogP contribution is -2.49. The van der Waals surface area contributed by atoms with Crippen molar-refractivity contribution in [1.29, 1.82) is 0 Å². The Balaban J connectivity index is 1.45. The Morgan fingerprint density at radius 3 is 2.77 bits per heavy atom. The molecule has 5 nitrogen and oxygen atoms in total. The number of nitrogens with two attached hydrogens (primary N) is 1. The van der Waals surface area contributed by atoms with Crippen molar-refractivity contribution in [1.82, 2.24) is 5.06 Å². The Kier molecular flexibility index (Phi) is 4.10. The molecule has 2 atom stereocenters. The van der Waals surface area contributed by atoms with Crippen LogP contribution in [0.3, 0.4) is 0 Å². The first-order chi connectivity index (χ1) is 15.0. The molecular formula is C26H27N3O2. The van der Waals surface area contributed by atoms with Crippen LogP contribution in [-0.2, 0) is 23.4 Å². The quantitative estimate of drug-likeness (QED) is 0.666. The maximum absolute atomic E-state index is 6.79. The van der Waals surface area contributed by atoms with E-state index in [2.05, 4.69) is 48.2 Å². The van der Waals surface area contributed by atoms with Gasteiger partial charge in [-0.05, 0) is 61.4 Å². The van der Waals surface area contributed by atoms with Crippen LogP contribution in [0.1, 0.15) is 54.4 Å². The molecule has 0 bridgehead atoms. The van der Waals surface area contributed by atoms with E-state index in [0.717, 1.165) is 42.6 Å². The highest BCUT2D eigenvalue weighted by molar-refractivity contribution is 5.79. The highest BCUT2D eigenvalue weighted by Gasteiger charge is 2.54. The maximum Gasteiger partial charge on any atom is 0.222 e. The van der Waals surface area contributed by atoms with Crippen molar-refractivity contribution in [2.24, 2.45) is 16.6 Å². The smallest absolute Gasteiger partial charge is 0.222 e. The number of aryl methyl sites for hydroxylation is 1. The predicted molar refractivity (Wildman–Crippen MR) is 119 cm³/mol. The number of guanidine groups is 1. The molecule has 1 saturated carbocycles. The molecule has 0 saturated heterocycles. The van der Waals surface area contributed by atoms with Crippen molar-refractivity contribution in [3.8, 4) is 17.6 Å². The first kappa shape index (κ1) is 18.8. The molecule has 2 aliphatic carbocycles. The van der Waals surface area contributed by atoms with Gasteiger partial charge < -0.3 is 10.5 Å². The first-order valence-corrected chi connectivity index (χ1v) is 11.2. The van der Waals surface area contributed by atoms with Crippen LogP contribution in [0.2, 0.25) is 0 Å². The van der Waals surface area contributed by atoms with Gasteiger partial charge >= 0.3 is 0 Å². The number of benzene rings is 2. The number of fused-ring (bicyclic) bond motifs is 3. The Bertz CT molecular complexity index is 1140. The highest BCUT2D eigenvalue weighted by atomic mass is 16.7. The third-order valence-electron chi connectivity index (χ3n) is 6.90. The van der Waals surface area contributed by atoms with E-state index in [1.165, 1.54) is 24.0 Å². The van der Waals surface area contributed by atoms with E-state index in [0.29, 0.717) is 18.3 Å². The minimum atomic E-state index is -0.872. The predicted octanol–water partition coefficient (Wildman–Crippen LogP) is 3.89. The van der Waals surface area contributed by atoms with E-state index in [1.54, 1.807) is 5.06 Å². The van der Waals surface area contributed by atoms with Crippen molar-refractivity contribution in [2.45, 2.75) is 56.3 Å². The lowest BCUT2D eigenvalue weighted by Gasteiger charge is -2.45. The van der Waals surface area contributed by atoms with Crippen molar-refractivity contribution < 1.29 is 9.57 Å². The highest BCUT2D eigenvalue weighted by Crippen LogP contribution is 2.52. The summed E-state index contributed by atoms with van der Waals surface area (Å²) in [5.74, 6) is 8.45. The number of nitrogens with zero attached hydrogens (tertiary/aromatic N) is 2. The van der Waals surface area contributed by atoms with Crippen LogP contribution in [0.25, 0.3) is 0 Å². The second-order valence-electron chi connectivity index (χ2n) is 9.36. The minimum Gasteiger partial charge on any atom is -0.486 e. The van der Waals surface area contributed by atoms with E-state index >= 15 is 0 Å².